The molecule has 1 unspecified atom stereocenters. The van der Waals surface area contributed by atoms with Crippen molar-refractivity contribution < 1.29 is 5.11 Å². The van der Waals surface area contributed by atoms with Gasteiger partial charge in [0.15, 0.2) is 5.96 Å². The van der Waals surface area contributed by atoms with Gasteiger partial charge in [0.2, 0.25) is 0 Å². The Morgan fingerprint density at radius 2 is 1.95 bits per heavy atom. The number of benzene rings is 1. The molecular weight excluding hydrogens is 318 g/mol. The van der Waals surface area contributed by atoms with Crippen molar-refractivity contribution in [1.29, 1.82) is 0 Å². The van der Waals surface area contributed by atoms with Gasteiger partial charge >= 0.3 is 0 Å². The molecule has 1 rings (SSSR count). The summed E-state index contributed by atoms with van der Waals surface area (Å²) in [4.78, 5) is 4.58. The molecule has 3 N–H and O–H groups in total. The van der Waals surface area contributed by atoms with Gasteiger partial charge in [-0.25, -0.2) is 0 Å². The first kappa shape index (κ1) is 19.1. The standard InChI is InChI=1S/C16H26ClN3OS/c1-5-18-15(20-11-16(2,3)22-4)19-10-14(21)12-6-8-13(17)9-7-12/h6-9,14,21H,5,10-11H2,1-4H3,(H2,18,19,20). The molecule has 1 aromatic carbocycles. The normalized spacial score (nSPS) is 13.8. The number of hydrogen-bond donors (Lipinski definition) is 3. The molecule has 0 heterocycles. The van der Waals surface area contributed by atoms with Crippen LogP contribution in [0.5, 0.6) is 0 Å². The van der Waals surface area contributed by atoms with Crippen molar-refractivity contribution in [3.8, 4) is 0 Å². The molecule has 0 radical (unpaired) electrons. The molecule has 0 spiro atoms. The van der Waals surface area contributed by atoms with Crippen LogP contribution < -0.4 is 10.6 Å². The van der Waals surface area contributed by atoms with Crippen molar-refractivity contribution in [2.24, 2.45) is 4.99 Å². The van der Waals surface area contributed by atoms with Crippen LogP contribution in [0.25, 0.3) is 0 Å². The van der Waals surface area contributed by atoms with Crippen molar-refractivity contribution >= 4 is 29.3 Å². The molecule has 1 aromatic rings. The number of rotatable bonds is 7. The van der Waals surface area contributed by atoms with Gasteiger partial charge in [-0.3, -0.25) is 4.99 Å². The van der Waals surface area contributed by atoms with Gasteiger partial charge in [0.05, 0.1) is 12.6 Å². The third-order valence-electron chi connectivity index (χ3n) is 3.23. The molecule has 0 aromatic heterocycles. The molecule has 0 amide bonds. The van der Waals surface area contributed by atoms with E-state index in [2.05, 4.69) is 35.7 Å². The Hall–Kier alpha value is -0.910. The minimum absolute atomic E-state index is 0.0944. The van der Waals surface area contributed by atoms with Crippen LogP contribution in [0.3, 0.4) is 0 Å². The average molecular weight is 344 g/mol. The molecule has 0 saturated heterocycles. The largest absolute Gasteiger partial charge is 0.387 e. The van der Waals surface area contributed by atoms with Crippen molar-refractivity contribution in [1.82, 2.24) is 10.6 Å². The van der Waals surface area contributed by atoms with Gasteiger partial charge in [-0.2, -0.15) is 11.8 Å². The first-order valence-corrected chi connectivity index (χ1v) is 8.99. The van der Waals surface area contributed by atoms with Crippen molar-refractivity contribution in [3.05, 3.63) is 34.9 Å². The van der Waals surface area contributed by atoms with Crippen molar-refractivity contribution in [2.45, 2.75) is 31.6 Å². The number of aliphatic hydroxyl groups excluding tert-OH is 1. The fourth-order valence-electron chi connectivity index (χ4n) is 1.67. The SMILES string of the molecule is CCNC(=NCC(C)(C)SC)NCC(O)c1ccc(Cl)cc1. The highest BCUT2D eigenvalue weighted by Gasteiger charge is 2.15. The summed E-state index contributed by atoms with van der Waals surface area (Å²) in [5, 5.41) is 17.2. The van der Waals surface area contributed by atoms with Crippen LogP contribution in [0.4, 0.5) is 0 Å². The number of nitrogens with zero attached hydrogens (tertiary/aromatic N) is 1. The number of aliphatic imine (C=N–C) groups is 1. The molecule has 1 atom stereocenters. The maximum absolute atomic E-state index is 10.2. The van der Waals surface area contributed by atoms with E-state index in [0.717, 1.165) is 18.1 Å². The van der Waals surface area contributed by atoms with E-state index in [1.807, 2.05) is 19.1 Å². The lowest BCUT2D eigenvalue weighted by Crippen LogP contribution is -2.40. The number of halogens is 1. The van der Waals surface area contributed by atoms with Crippen LogP contribution >= 0.6 is 23.4 Å². The van der Waals surface area contributed by atoms with Crippen molar-refractivity contribution in [3.63, 3.8) is 0 Å². The molecular formula is C16H26ClN3OS. The molecule has 0 aliphatic carbocycles. The van der Waals surface area contributed by atoms with E-state index in [9.17, 15) is 5.11 Å². The summed E-state index contributed by atoms with van der Waals surface area (Å²) in [6.45, 7) is 8.23. The van der Waals surface area contributed by atoms with Gasteiger partial charge in [0.1, 0.15) is 0 Å². The van der Waals surface area contributed by atoms with E-state index < -0.39 is 6.10 Å². The number of aliphatic hydroxyl groups is 1. The molecule has 0 fully saturated rings. The Morgan fingerprint density at radius 1 is 1.32 bits per heavy atom. The lowest BCUT2D eigenvalue weighted by Gasteiger charge is -2.21. The summed E-state index contributed by atoms with van der Waals surface area (Å²) in [7, 11) is 0. The molecule has 0 bridgehead atoms. The van der Waals surface area contributed by atoms with E-state index in [-0.39, 0.29) is 4.75 Å². The fraction of sp³-hybridized carbons (Fsp3) is 0.562. The number of guanidine groups is 1. The second-order valence-corrected chi connectivity index (χ2v) is 7.56. The van der Waals surface area contributed by atoms with E-state index in [0.29, 0.717) is 18.1 Å². The predicted molar refractivity (Wildman–Crippen MR) is 98.0 cm³/mol. The fourth-order valence-corrected chi connectivity index (χ4v) is 1.99. The first-order chi connectivity index (χ1) is 10.4. The Labute approximate surface area is 142 Å². The van der Waals surface area contributed by atoms with Gasteiger partial charge in [-0.05, 0) is 44.7 Å². The Morgan fingerprint density at radius 3 is 2.50 bits per heavy atom. The highest BCUT2D eigenvalue weighted by Crippen LogP contribution is 2.21. The van der Waals surface area contributed by atoms with Gasteiger partial charge in [0.25, 0.3) is 0 Å². The molecule has 6 heteroatoms. The van der Waals surface area contributed by atoms with Gasteiger partial charge in [-0.1, -0.05) is 23.7 Å². The lowest BCUT2D eigenvalue weighted by molar-refractivity contribution is 0.181. The Kier molecular flexibility index (Phi) is 8.07. The zero-order valence-electron chi connectivity index (χ0n) is 13.7. The highest BCUT2D eigenvalue weighted by atomic mass is 35.5. The summed E-state index contributed by atoms with van der Waals surface area (Å²) < 4.78 is 0.0944. The maximum Gasteiger partial charge on any atom is 0.191 e. The molecule has 22 heavy (non-hydrogen) atoms. The van der Waals surface area contributed by atoms with Gasteiger partial charge in [0, 0.05) is 22.9 Å². The Balaban J connectivity index is 2.59. The second kappa shape index (κ2) is 9.28. The van der Waals surface area contributed by atoms with Crippen LogP contribution in [-0.2, 0) is 0 Å². The predicted octanol–water partition coefficient (Wildman–Crippen LogP) is 3.07. The third-order valence-corrected chi connectivity index (χ3v) is 4.72. The zero-order valence-corrected chi connectivity index (χ0v) is 15.3. The molecule has 0 aliphatic heterocycles. The van der Waals surface area contributed by atoms with Crippen molar-refractivity contribution in [2.75, 3.05) is 25.9 Å². The maximum atomic E-state index is 10.2. The smallest absolute Gasteiger partial charge is 0.191 e. The molecule has 4 nitrogen and oxygen atoms in total. The van der Waals surface area contributed by atoms with Crippen LogP contribution in [0.15, 0.2) is 29.3 Å². The number of nitrogens with one attached hydrogen (secondary N) is 2. The van der Waals surface area contributed by atoms with E-state index in [4.69, 9.17) is 11.6 Å². The quantitative estimate of drug-likeness (QED) is 0.526. The van der Waals surface area contributed by atoms with E-state index in [1.54, 1.807) is 23.9 Å². The lowest BCUT2D eigenvalue weighted by atomic mass is 10.1. The Bertz CT molecular complexity index is 477. The highest BCUT2D eigenvalue weighted by molar-refractivity contribution is 7.99. The van der Waals surface area contributed by atoms with Crippen LogP contribution in [0.2, 0.25) is 5.02 Å². The summed E-state index contributed by atoms with van der Waals surface area (Å²) >= 11 is 7.64. The third kappa shape index (κ3) is 6.90. The summed E-state index contributed by atoms with van der Waals surface area (Å²) in [5.74, 6) is 0.720. The van der Waals surface area contributed by atoms with Crippen LogP contribution in [-0.4, -0.2) is 41.7 Å². The minimum Gasteiger partial charge on any atom is -0.387 e. The van der Waals surface area contributed by atoms with E-state index >= 15 is 0 Å². The first-order valence-electron chi connectivity index (χ1n) is 7.39. The topological polar surface area (TPSA) is 56.7 Å². The minimum atomic E-state index is -0.602. The number of hydrogen-bond acceptors (Lipinski definition) is 3. The van der Waals surface area contributed by atoms with Crippen LogP contribution in [0, 0.1) is 0 Å². The van der Waals surface area contributed by atoms with Gasteiger partial charge < -0.3 is 15.7 Å². The van der Waals surface area contributed by atoms with E-state index in [1.165, 1.54) is 0 Å². The average Bonchev–Trinajstić information content (AvgIpc) is 2.50. The monoisotopic (exact) mass is 343 g/mol. The molecule has 0 saturated carbocycles. The molecule has 0 aliphatic rings. The van der Waals surface area contributed by atoms with Crippen LogP contribution in [0.1, 0.15) is 32.4 Å². The molecule has 124 valence electrons. The van der Waals surface area contributed by atoms with Gasteiger partial charge in [-0.15, -0.1) is 0 Å². The summed E-state index contributed by atoms with van der Waals surface area (Å²) in [6, 6.07) is 7.21. The summed E-state index contributed by atoms with van der Waals surface area (Å²) in [6.07, 6.45) is 1.48. The second-order valence-electron chi connectivity index (χ2n) is 5.61. The zero-order chi connectivity index (χ0) is 16.6. The summed E-state index contributed by atoms with van der Waals surface area (Å²) in [5.41, 5.74) is 0.831. The number of thioether (sulfide) groups is 1.